The summed E-state index contributed by atoms with van der Waals surface area (Å²) >= 11 is 1.04. The summed E-state index contributed by atoms with van der Waals surface area (Å²) in [6.07, 6.45) is 2.67. The van der Waals surface area contributed by atoms with E-state index in [0.717, 1.165) is 17.4 Å². The molecule has 7 atom stereocenters. The van der Waals surface area contributed by atoms with Crippen molar-refractivity contribution in [2.24, 2.45) is 5.92 Å². The van der Waals surface area contributed by atoms with Crippen molar-refractivity contribution in [2.75, 3.05) is 18.8 Å². The molecule has 8 amide bonds. The monoisotopic (exact) mass is 1020 g/mol. The Labute approximate surface area is 429 Å². The Bertz CT molecular complexity index is 2520. The van der Waals surface area contributed by atoms with Gasteiger partial charge in [0.25, 0.3) is 21.9 Å². The second kappa shape index (κ2) is 27.2. The Morgan fingerprint density at radius 1 is 0.871 bits per heavy atom. The number of carbonyl (C=O) groups is 9. The minimum atomic E-state index is -4.95. The van der Waals surface area contributed by atoms with Gasteiger partial charge in [0.1, 0.15) is 40.7 Å². The number of benzene rings is 2. The normalized spacial score (nSPS) is 21.0. The van der Waals surface area contributed by atoms with Gasteiger partial charge in [-0.05, 0) is 61.6 Å². The van der Waals surface area contributed by atoms with Crippen LogP contribution in [0.3, 0.4) is 0 Å². The van der Waals surface area contributed by atoms with Crippen molar-refractivity contribution in [2.45, 2.75) is 89.6 Å². The van der Waals surface area contributed by atoms with E-state index >= 15 is 0 Å². The van der Waals surface area contributed by atoms with Crippen LogP contribution >= 0.6 is 11.3 Å². The second-order valence-electron chi connectivity index (χ2n) is 16.0. The average molecular weight is 1020 g/mol. The molecular weight excluding hydrogens is 966 g/mol. The molecule has 0 unspecified atom stereocenters. The number of thiazole rings is 1. The first-order chi connectivity index (χ1) is 32.6. The molecule has 10 N–H and O–H groups in total. The molecular formula is C44H54N9NaO14S2. The molecule has 0 saturated carbocycles. The molecule has 23 nitrogen and oxygen atoms in total. The van der Waals surface area contributed by atoms with Crippen LogP contribution in [-0.2, 0) is 54.9 Å². The Morgan fingerprint density at radius 2 is 1.54 bits per heavy atom. The summed E-state index contributed by atoms with van der Waals surface area (Å²) < 4.78 is 33.7. The van der Waals surface area contributed by atoms with Crippen LogP contribution in [0.15, 0.2) is 60.0 Å². The van der Waals surface area contributed by atoms with Gasteiger partial charge in [-0.1, -0.05) is 57.9 Å². The number of aromatic hydroxyl groups is 1. The van der Waals surface area contributed by atoms with E-state index in [9.17, 15) is 66.3 Å². The van der Waals surface area contributed by atoms with Crippen molar-refractivity contribution in [1.82, 2.24) is 47.5 Å². The number of carbonyl (C=O) groups excluding carboxylic acids is 9. The van der Waals surface area contributed by atoms with E-state index in [0.29, 0.717) is 12.0 Å². The van der Waals surface area contributed by atoms with Crippen LogP contribution in [0.4, 0.5) is 0 Å². The standard InChI is InChI=1S/C44H55N9O14S2.Na/c1-5-7-30-41(62)53-36(23(3)6-2)37(58)43(64)51-31(18-25-8-13-28(54)14-9-25)44-48-27(21-68-44)12-17-34(56)49-33(22-69(65,66)67)40(61)45-19-32(42(63)50-30)52-38(59)24(4)47-35(57)20-46-39(60)26-10-15-29(55)16-11-26;/h8-17,21,23-24,30-33,36,54-55H,5-7,18-20,22H2,1-4H3,(H,45,61)(H,46,60)(H,47,57)(H,49,56)(H,50,63)(H,51,64)(H,52,59)(H,53,62)(H,65,66,67);/q;+1/p-1/b17-12-;/t23-,24-,30-,31-,32-,33-,36-;/m0./s1. The van der Waals surface area contributed by atoms with Crippen LogP contribution in [-0.4, -0.2) is 125 Å². The van der Waals surface area contributed by atoms with Crippen molar-refractivity contribution >= 4 is 80.6 Å². The summed E-state index contributed by atoms with van der Waals surface area (Å²) in [5.41, 5.74) is 0.854. The van der Waals surface area contributed by atoms with Gasteiger partial charge < -0.3 is 52.7 Å². The number of amides is 8. The summed E-state index contributed by atoms with van der Waals surface area (Å²) in [6.45, 7) is 4.82. The van der Waals surface area contributed by atoms with Crippen LogP contribution in [0.2, 0.25) is 0 Å². The van der Waals surface area contributed by atoms with Crippen molar-refractivity contribution in [1.29, 1.82) is 0 Å². The van der Waals surface area contributed by atoms with Gasteiger partial charge in [0.05, 0.1) is 24.3 Å². The Hall–Kier alpha value is -6.25. The van der Waals surface area contributed by atoms with Crippen LogP contribution in [0, 0.1) is 5.92 Å². The number of ketones is 1. The molecule has 1 aliphatic rings. The van der Waals surface area contributed by atoms with E-state index in [1.807, 2.05) is 0 Å². The van der Waals surface area contributed by atoms with Gasteiger partial charge >= 0.3 is 29.6 Å². The number of phenolic OH excluding ortho intramolecular Hbond substituents is 1. The summed E-state index contributed by atoms with van der Waals surface area (Å²) in [4.78, 5) is 126. The third-order valence-electron chi connectivity index (χ3n) is 10.6. The van der Waals surface area contributed by atoms with Crippen LogP contribution < -0.4 is 77.2 Å². The van der Waals surface area contributed by atoms with Crippen molar-refractivity contribution in [3.8, 4) is 11.5 Å². The largest absolute Gasteiger partial charge is 1.00 e. The van der Waals surface area contributed by atoms with Crippen molar-refractivity contribution < 1.29 is 95.9 Å². The first-order valence-corrected chi connectivity index (χ1v) is 24.1. The second-order valence-corrected chi connectivity index (χ2v) is 18.4. The molecule has 0 radical (unpaired) electrons. The van der Waals surface area contributed by atoms with Gasteiger partial charge in [-0.2, -0.15) is 8.42 Å². The molecule has 0 spiro atoms. The fraction of sp³-hybridized carbons (Fsp3) is 0.409. The zero-order valence-electron chi connectivity index (χ0n) is 38.9. The Kier molecular flexibility index (Phi) is 22.6. The number of fused-ring (bicyclic) bond motifs is 2. The number of hydrogen-bond acceptors (Lipinski definition) is 15. The van der Waals surface area contributed by atoms with E-state index in [1.165, 1.54) is 66.9 Å². The van der Waals surface area contributed by atoms with Crippen LogP contribution in [0.5, 0.6) is 11.5 Å². The molecule has 0 saturated heterocycles. The van der Waals surface area contributed by atoms with Gasteiger partial charge in [-0.25, -0.2) is 4.98 Å². The maximum Gasteiger partial charge on any atom is 1.00 e. The van der Waals surface area contributed by atoms with Crippen molar-refractivity contribution in [3.05, 3.63) is 81.8 Å². The van der Waals surface area contributed by atoms with Crippen LogP contribution in [0.25, 0.3) is 6.08 Å². The van der Waals surface area contributed by atoms with Gasteiger partial charge in [0, 0.05) is 23.6 Å². The smallest absolute Gasteiger partial charge is 0.872 e. The summed E-state index contributed by atoms with van der Waals surface area (Å²) in [7, 11) is -4.95. The zero-order valence-corrected chi connectivity index (χ0v) is 42.5. The molecule has 2 aromatic carbocycles. The average Bonchev–Trinajstić information content (AvgIpc) is 3.78. The minimum absolute atomic E-state index is 0. The number of nitrogens with zero attached hydrogens (tertiary/aromatic N) is 1. The summed E-state index contributed by atoms with van der Waals surface area (Å²) in [6, 6.07) is 1.81. The van der Waals surface area contributed by atoms with Gasteiger partial charge in [0.2, 0.25) is 41.2 Å². The Balaban J connectivity index is 0.0000130. The predicted octanol–water partition coefficient (Wildman–Crippen LogP) is -4.35. The first-order valence-electron chi connectivity index (χ1n) is 21.6. The van der Waals surface area contributed by atoms with Gasteiger partial charge in [0.15, 0.2) is 0 Å². The molecule has 4 rings (SSSR count). The topological polar surface area (TPSA) is 360 Å². The number of aromatic nitrogens is 1. The van der Waals surface area contributed by atoms with E-state index in [1.54, 1.807) is 20.8 Å². The molecule has 70 heavy (non-hydrogen) atoms. The van der Waals surface area contributed by atoms with Gasteiger partial charge in [-0.3, -0.25) is 47.7 Å². The van der Waals surface area contributed by atoms with Crippen molar-refractivity contribution in [3.63, 3.8) is 0 Å². The van der Waals surface area contributed by atoms with Gasteiger partial charge in [-0.15, -0.1) is 17.1 Å². The minimum Gasteiger partial charge on any atom is -0.872 e. The fourth-order valence-electron chi connectivity index (χ4n) is 6.59. The zero-order chi connectivity index (χ0) is 51.0. The molecule has 3 aromatic rings. The number of phenols is 1. The van der Waals surface area contributed by atoms with E-state index in [2.05, 4.69) is 47.5 Å². The fourth-order valence-corrected chi connectivity index (χ4v) is 8.09. The maximum absolute atomic E-state index is 14.0. The predicted molar refractivity (Wildman–Crippen MR) is 246 cm³/mol. The molecule has 2 heterocycles. The third-order valence-corrected chi connectivity index (χ3v) is 12.3. The summed E-state index contributed by atoms with van der Waals surface area (Å²) in [5.74, 6) is -11.3. The SMILES string of the molecule is CCC[C@@H]1NC(=O)[C@@H](NC(=O)[C@H](C)NC(=O)CNC(=O)c2ccc(O)cc2)CNC(=O)[C@H](CS(=O)(=O)O)NC(=O)/C=C\c2csc(n2)[C@H](Cc2ccc([O-])cc2)NC(=O)C(=O)[C@H]([C@@H](C)CC)NC1=O.[Na+]. The number of hydrogen-bond donors (Lipinski definition) is 10. The van der Waals surface area contributed by atoms with E-state index in [-0.39, 0.29) is 76.6 Å². The molecule has 26 heteroatoms. The molecule has 1 aliphatic heterocycles. The summed E-state index contributed by atoms with van der Waals surface area (Å²) in [5, 5.41) is 42.2. The quantitative estimate of drug-likeness (QED) is 0.0415. The number of Topliss-reactive ketones (excluding diaryl/α,β-unsaturated/α-hetero) is 1. The maximum atomic E-state index is 14.0. The van der Waals surface area contributed by atoms with E-state index < -0.39 is 124 Å². The molecule has 0 fully saturated rings. The number of nitrogens with one attached hydrogen (secondary N) is 8. The molecule has 1 aromatic heterocycles. The first kappa shape index (κ1) is 58.1. The molecule has 2 bridgehead atoms. The Morgan fingerprint density at radius 3 is 2.17 bits per heavy atom. The van der Waals surface area contributed by atoms with E-state index in [4.69, 9.17) is 0 Å². The molecule has 0 aliphatic carbocycles. The van der Waals surface area contributed by atoms with Crippen LogP contribution in [0.1, 0.15) is 79.6 Å². The molecule has 372 valence electrons. The number of rotatable bonds is 14. The third kappa shape index (κ3) is 18.2.